The molecule has 0 saturated carbocycles. The summed E-state index contributed by atoms with van der Waals surface area (Å²) in [7, 11) is -4.82. The molecule has 0 bridgehead atoms. The Bertz CT molecular complexity index is 918. The van der Waals surface area contributed by atoms with Gasteiger partial charge in [-0.15, -0.1) is 0 Å². The number of phosphoric ester groups is 1. The fourth-order valence-electron chi connectivity index (χ4n) is 3.04. The van der Waals surface area contributed by atoms with E-state index in [0.29, 0.717) is 0 Å². The van der Waals surface area contributed by atoms with Crippen molar-refractivity contribution in [2.24, 2.45) is 0 Å². The zero-order valence-electron chi connectivity index (χ0n) is 15.7. The number of nitrogens with zero attached hydrogens (tertiary/aromatic N) is 1. The number of aliphatic hydroxyl groups excluding tert-OH is 4. The van der Waals surface area contributed by atoms with Gasteiger partial charge >= 0.3 is 13.5 Å². The molecule has 170 valence electrons. The fraction of sp³-hybridized carbons (Fsp3) is 0.733. The molecule has 2 aliphatic heterocycles. The molecule has 2 aliphatic rings. The standard InChI is InChI=1S/C15H23N2O12P/c1-6-3-17(15(23)16-13(6)22)10-2-7(18)9(28-10)5-27-30(24,25)29-14-12(21)11(20)8(19)4-26-14/h3,7-12,14,18-21H,2,4-5H2,1H3,(H,24,25)(H,16,22,23)/t7-,8+,9+,10+,11-,12+,14+/m0/s1. The maximum atomic E-state index is 12.1. The Morgan fingerprint density at radius 3 is 2.63 bits per heavy atom. The lowest BCUT2D eigenvalue weighted by atomic mass is 10.1. The molecule has 1 aromatic rings. The molecule has 1 aromatic heterocycles. The zero-order chi connectivity index (χ0) is 22.2. The Morgan fingerprint density at radius 1 is 1.23 bits per heavy atom. The van der Waals surface area contributed by atoms with Crippen molar-refractivity contribution in [3.8, 4) is 0 Å². The molecule has 15 heteroatoms. The summed E-state index contributed by atoms with van der Waals surface area (Å²) in [5.41, 5.74) is -1.05. The summed E-state index contributed by atoms with van der Waals surface area (Å²) in [4.78, 5) is 35.3. The Hall–Kier alpha value is -1.45. The van der Waals surface area contributed by atoms with E-state index < -0.39 is 75.3 Å². The summed E-state index contributed by atoms with van der Waals surface area (Å²) in [6, 6.07) is 0. The van der Waals surface area contributed by atoms with Gasteiger partial charge in [0.25, 0.3) is 5.56 Å². The molecular formula is C15H23N2O12P. The first kappa shape index (κ1) is 23.2. The van der Waals surface area contributed by atoms with Gasteiger partial charge in [0, 0.05) is 18.2 Å². The van der Waals surface area contributed by atoms with Crippen LogP contribution in [0, 0.1) is 6.92 Å². The van der Waals surface area contributed by atoms with Gasteiger partial charge in [0.2, 0.25) is 0 Å². The summed E-state index contributed by atoms with van der Waals surface area (Å²) >= 11 is 0. The monoisotopic (exact) mass is 454 g/mol. The van der Waals surface area contributed by atoms with Gasteiger partial charge in [-0.25, -0.2) is 9.36 Å². The number of hydrogen-bond donors (Lipinski definition) is 6. The van der Waals surface area contributed by atoms with Crippen molar-refractivity contribution >= 4 is 7.82 Å². The third-order valence-electron chi connectivity index (χ3n) is 4.75. The molecule has 14 nitrogen and oxygen atoms in total. The molecule has 0 spiro atoms. The van der Waals surface area contributed by atoms with Crippen LogP contribution in [-0.2, 0) is 23.1 Å². The summed E-state index contributed by atoms with van der Waals surface area (Å²) in [6.45, 7) is 0.427. The molecule has 3 heterocycles. The average Bonchev–Trinajstić information content (AvgIpc) is 3.04. The van der Waals surface area contributed by atoms with E-state index >= 15 is 0 Å². The molecule has 0 aliphatic carbocycles. The van der Waals surface area contributed by atoms with E-state index in [1.807, 2.05) is 0 Å². The first-order chi connectivity index (χ1) is 14.0. The highest BCUT2D eigenvalue weighted by Gasteiger charge is 2.43. The van der Waals surface area contributed by atoms with E-state index in [1.165, 1.54) is 13.1 Å². The van der Waals surface area contributed by atoms with E-state index in [1.54, 1.807) is 0 Å². The number of ether oxygens (including phenoxy) is 2. The summed E-state index contributed by atoms with van der Waals surface area (Å²) < 4.78 is 33.0. The van der Waals surface area contributed by atoms with Gasteiger partial charge in [-0.3, -0.25) is 23.4 Å². The number of phosphoric acid groups is 1. The highest BCUT2D eigenvalue weighted by atomic mass is 31.2. The minimum atomic E-state index is -4.82. The third kappa shape index (κ3) is 5.06. The summed E-state index contributed by atoms with van der Waals surface area (Å²) in [5.74, 6) is 0. The summed E-state index contributed by atoms with van der Waals surface area (Å²) in [5, 5.41) is 38.8. The minimum Gasteiger partial charge on any atom is -0.390 e. The number of hydrogen-bond acceptors (Lipinski definition) is 11. The largest absolute Gasteiger partial charge is 0.474 e. The van der Waals surface area contributed by atoms with E-state index in [9.17, 15) is 39.5 Å². The first-order valence-electron chi connectivity index (χ1n) is 8.95. The predicted octanol–water partition coefficient (Wildman–Crippen LogP) is -2.93. The van der Waals surface area contributed by atoms with Gasteiger partial charge in [-0.2, -0.15) is 0 Å². The van der Waals surface area contributed by atoms with Crippen molar-refractivity contribution in [3.05, 3.63) is 32.6 Å². The van der Waals surface area contributed by atoms with E-state index in [4.69, 9.17) is 14.0 Å². The van der Waals surface area contributed by atoms with Crippen LogP contribution >= 0.6 is 7.82 Å². The predicted molar refractivity (Wildman–Crippen MR) is 95.2 cm³/mol. The van der Waals surface area contributed by atoms with Crippen molar-refractivity contribution in [2.45, 2.75) is 56.4 Å². The van der Waals surface area contributed by atoms with Crippen LogP contribution in [0.5, 0.6) is 0 Å². The molecule has 2 saturated heterocycles. The number of H-pyrrole nitrogens is 1. The highest BCUT2D eigenvalue weighted by molar-refractivity contribution is 7.47. The van der Waals surface area contributed by atoms with Crippen molar-refractivity contribution in [1.29, 1.82) is 0 Å². The number of aliphatic hydroxyl groups is 4. The van der Waals surface area contributed by atoms with Gasteiger partial charge in [0.15, 0.2) is 6.29 Å². The van der Waals surface area contributed by atoms with Gasteiger partial charge < -0.3 is 34.8 Å². The Kier molecular flexibility index (Phi) is 6.94. The smallest absolute Gasteiger partial charge is 0.390 e. The molecule has 3 rings (SSSR count). The van der Waals surface area contributed by atoms with Gasteiger partial charge in [0.1, 0.15) is 30.6 Å². The van der Waals surface area contributed by atoms with Crippen LogP contribution in [0.15, 0.2) is 15.8 Å². The van der Waals surface area contributed by atoms with Gasteiger partial charge in [0.05, 0.1) is 19.3 Å². The lowest BCUT2D eigenvalue weighted by Crippen LogP contribution is -2.53. The number of aryl methyl sites for hydroxylation is 1. The minimum absolute atomic E-state index is 0.0511. The second-order valence-corrected chi connectivity index (χ2v) is 8.44. The molecule has 6 N–H and O–H groups in total. The lowest BCUT2D eigenvalue weighted by molar-refractivity contribution is -0.246. The molecule has 0 amide bonds. The number of aromatic nitrogens is 2. The maximum absolute atomic E-state index is 12.1. The zero-order valence-corrected chi connectivity index (χ0v) is 16.6. The normalized spacial score (nSPS) is 36.5. The van der Waals surface area contributed by atoms with Crippen molar-refractivity contribution in [2.75, 3.05) is 13.2 Å². The van der Waals surface area contributed by atoms with Crippen LogP contribution < -0.4 is 11.2 Å². The number of nitrogens with one attached hydrogen (secondary N) is 1. The Labute approximate surface area is 168 Å². The second kappa shape index (κ2) is 8.96. The summed E-state index contributed by atoms with van der Waals surface area (Å²) in [6.07, 6.45) is -8.58. The molecule has 8 atom stereocenters. The first-order valence-corrected chi connectivity index (χ1v) is 10.4. The molecule has 30 heavy (non-hydrogen) atoms. The molecule has 0 aromatic carbocycles. The maximum Gasteiger partial charge on any atom is 0.474 e. The third-order valence-corrected chi connectivity index (χ3v) is 5.70. The van der Waals surface area contributed by atoms with Crippen molar-refractivity contribution < 1.29 is 48.4 Å². The molecule has 2 fully saturated rings. The fourth-order valence-corrected chi connectivity index (χ4v) is 3.88. The quantitative estimate of drug-likeness (QED) is 0.239. The van der Waals surface area contributed by atoms with Crippen LogP contribution in [0.1, 0.15) is 18.2 Å². The topological polar surface area (TPSA) is 210 Å². The van der Waals surface area contributed by atoms with E-state index in [0.717, 1.165) is 4.57 Å². The number of rotatable bonds is 6. The van der Waals surface area contributed by atoms with Crippen molar-refractivity contribution in [1.82, 2.24) is 9.55 Å². The van der Waals surface area contributed by atoms with Crippen LogP contribution in [0.2, 0.25) is 0 Å². The Morgan fingerprint density at radius 2 is 1.93 bits per heavy atom. The SMILES string of the molecule is Cc1cn([C@H]2C[C@H](O)[C@@H](COP(=O)(O)O[C@H]3OC[C@@H](O)[C@H](O)[C@H]3O)O2)c(=O)[nH]c1=O. The molecule has 1 unspecified atom stereocenters. The number of aromatic amines is 1. The van der Waals surface area contributed by atoms with Gasteiger partial charge in [-0.05, 0) is 6.92 Å². The van der Waals surface area contributed by atoms with E-state index in [2.05, 4.69) is 9.51 Å². The molecule has 0 radical (unpaired) electrons. The average molecular weight is 454 g/mol. The van der Waals surface area contributed by atoms with Gasteiger partial charge in [-0.1, -0.05) is 0 Å². The van der Waals surface area contributed by atoms with Crippen LogP contribution in [0.25, 0.3) is 0 Å². The van der Waals surface area contributed by atoms with Crippen LogP contribution in [-0.4, -0.2) is 84.9 Å². The molecular weight excluding hydrogens is 431 g/mol. The van der Waals surface area contributed by atoms with Crippen molar-refractivity contribution in [3.63, 3.8) is 0 Å². The van der Waals surface area contributed by atoms with Crippen LogP contribution in [0.4, 0.5) is 0 Å². The highest BCUT2D eigenvalue weighted by Crippen LogP contribution is 2.46. The second-order valence-electron chi connectivity index (χ2n) is 7.03. The Balaban J connectivity index is 1.59. The van der Waals surface area contributed by atoms with E-state index in [-0.39, 0.29) is 12.0 Å². The lowest BCUT2D eigenvalue weighted by Gasteiger charge is -2.35. The van der Waals surface area contributed by atoms with Crippen LogP contribution in [0.3, 0.4) is 0 Å².